The third-order valence-electron chi connectivity index (χ3n) is 5.49. The Morgan fingerprint density at radius 3 is 2.65 bits per heavy atom. The average molecular weight is 237 g/mol. The Hall–Kier alpha value is -0.120. The van der Waals surface area contributed by atoms with Crippen LogP contribution in [0.15, 0.2) is 0 Å². The first kappa shape index (κ1) is 11.9. The second-order valence-electron chi connectivity index (χ2n) is 6.73. The number of nitrogens with two attached hydrogens (primary N) is 1. The molecule has 3 fully saturated rings. The molecule has 3 heteroatoms. The second-order valence-corrected chi connectivity index (χ2v) is 6.73. The fraction of sp³-hybridized carbons (Fsp3) is 1.00. The quantitative estimate of drug-likeness (QED) is 0.802. The minimum atomic E-state index is 0.310. The summed E-state index contributed by atoms with van der Waals surface area (Å²) >= 11 is 0. The number of fused-ring (bicyclic) bond motifs is 2. The predicted molar refractivity (Wildman–Crippen MR) is 70.9 cm³/mol. The van der Waals surface area contributed by atoms with Gasteiger partial charge >= 0.3 is 0 Å². The number of hydrogen-bond donors (Lipinski definition) is 1. The van der Waals surface area contributed by atoms with Gasteiger partial charge in [-0.2, -0.15) is 0 Å². The van der Waals surface area contributed by atoms with Gasteiger partial charge in [0, 0.05) is 43.8 Å². The minimum absolute atomic E-state index is 0.310. The van der Waals surface area contributed by atoms with Crippen LogP contribution in [-0.2, 0) is 0 Å². The van der Waals surface area contributed by atoms with E-state index in [1.165, 1.54) is 45.3 Å². The van der Waals surface area contributed by atoms with Crippen LogP contribution in [-0.4, -0.2) is 53.6 Å². The zero-order chi connectivity index (χ0) is 12.0. The summed E-state index contributed by atoms with van der Waals surface area (Å²) in [6, 6.07) is 1.53. The van der Waals surface area contributed by atoms with Gasteiger partial charge < -0.3 is 5.73 Å². The first-order valence-electron chi connectivity index (χ1n) is 7.35. The van der Waals surface area contributed by atoms with E-state index in [9.17, 15) is 0 Å². The molecule has 1 aliphatic carbocycles. The van der Waals surface area contributed by atoms with Gasteiger partial charge in [0.2, 0.25) is 0 Å². The van der Waals surface area contributed by atoms with Crippen molar-refractivity contribution < 1.29 is 0 Å². The molecule has 2 bridgehead atoms. The van der Waals surface area contributed by atoms with Crippen LogP contribution in [0, 0.1) is 5.92 Å². The van der Waals surface area contributed by atoms with E-state index in [1.807, 2.05) is 0 Å². The molecule has 2 saturated heterocycles. The lowest BCUT2D eigenvalue weighted by atomic mass is 9.93. The van der Waals surface area contributed by atoms with Crippen molar-refractivity contribution in [2.75, 3.05) is 26.2 Å². The Kier molecular flexibility index (Phi) is 2.96. The maximum absolute atomic E-state index is 6.17. The van der Waals surface area contributed by atoms with Crippen LogP contribution in [0.2, 0.25) is 0 Å². The molecule has 3 aliphatic rings. The maximum Gasteiger partial charge on any atom is 0.0473 e. The van der Waals surface area contributed by atoms with Gasteiger partial charge in [0.05, 0.1) is 0 Å². The molecular weight excluding hydrogens is 210 g/mol. The predicted octanol–water partition coefficient (Wildman–Crippen LogP) is 1.28. The summed E-state index contributed by atoms with van der Waals surface area (Å²) in [6.45, 7) is 9.23. The lowest BCUT2D eigenvalue weighted by Crippen LogP contribution is -2.58. The average Bonchev–Trinajstić information content (AvgIpc) is 3.03. The van der Waals surface area contributed by atoms with Gasteiger partial charge in [-0.25, -0.2) is 0 Å². The van der Waals surface area contributed by atoms with Crippen molar-refractivity contribution in [2.24, 2.45) is 11.7 Å². The van der Waals surface area contributed by atoms with Crippen molar-refractivity contribution in [3.05, 3.63) is 0 Å². The highest BCUT2D eigenvalue weighted by atomic mass is 15.3. The molecule has 0 amide bonds. The molecule has 0 aromatic rings. The highest BCUT2D eigenvalue weighted by Crippen LogP contribution is 2.43. The summed E-state index contributed by atoms with van der Waals surface area (Å²) in [7, 11) is 0. The molecule has 3 unspecified atom stereocenters. The zero-order valence-electron chi connectivity index (χ0n) is 11.4. The molecule has 2 aliphatic heterocycles. The summed E-state index contributed by atoms with van der Waals surface area (Å²) in [6.07, 6.45) is 5.62. The highest BCUT2D eigenvalue weighted by molar-refractivity contribution is 5.07. The van der Waals surface area contributed by atoms with Gasteiger partial charge in [-0.3, -0.25) is 9.80 Å². The number of hydrogen-bond acceptors (Lipinski definition) is 3. The molecule has 3 atom stereocenters. The number of rotatable bonds is 3. The monoisotopic (exact) mass is 237 g/mol. The third-order valence-corrected chi connectivity index (χ3v) is 5.49. The van der Waals surface area contributed by atoms with E-state index < -0.39 is 0 Å². The minimum Gasteiger partial charge on any atom is -0.329 e. The standard InChI is InChI=1S/C14H27N3/c1-11(2)16-6-5-14(9-15,10-16)17-8-12-3-4-13(17)7-12/h11-13H,3-10,15H2,1-2H3. The van der Waals surface area contributed by atoms with E-state index in [1.54, 1.807) is 0 Å². The molecule has 98 valence electrons. The Balaban J connectivity index is 1.75. The van der Waals surface area contributed by atoms with Crippen LogP contribution in [0.5, 0.6) is 0 Å². The van der Waals surface area contributed by atoms with E-state index in [-0.39, 0.29) is 0 Å². The van der Waals surface area contributed by atoms with Crippen LogP contribution in [0.1, 0.15) is 39.5 Å². The Labute approximate surface area is 105 Å². The van der Waals surface area contributed by atoms with Crippen LogP contribution < -0.4 is 5.73 Å². The van der Waals surface area contributed by atoms with E-state index in [2.05, 4.69) is 23.6 Å². The van der Waals surface area contributed by atoms with Crippen LogP contribution in [0.3, 0.4) is 0 Å². The summed E-state index contributed by atoms with van der Waals surface area (Å²) in [5, 5.41) is 0. The molecule has 17 heavy (non-hydrogen) atoms. The molecular formula is C14H27N3. The van der Waals surface area contributed by atoms with Crippen LogP contribution >= 0.6 is 0 Å². The number of piperidine rings is 1. The van der Waals surface area contributed by atoms with Gasteiger partial charge in [0.25, 0.3) is 0 Å². The SMILES string of the molecule is CC(C)N1CCC(CN)(N2CC3CCC2C3)C1. The molecule has 3 nitrogen and oxygen atoms in total. The van der Waals surface area contributed by atoms with Gasteiger partial charge in [0.15, 0.2) is 0 Å². The number of likely N-dealkylation sites (tertiary alicyclic amines) is 2. The lowest BCUT2D eigenvalue weighted by molar-refractivity contribution is 0.0628. The van der Waals surface area contributed by atoms with Gasteiger partial charge in [0.1, 0.15) is 0 Å². The number of nitrogens with zero attached hydrogens (tertiary/aromatic N) is 2. The second kappa shape index (κ2) is 4.22. The van der Waals surface area contributed by atoms with Crippen molar-refractivity contribution >= 4 is 0 Å². The van der Waals surface area contributed by atoms with Crippen molar-refractivity contribution in [2.45, 2.75) is 57.2 Å². The van der Waals surface area contributed by atoms with Crippen molar-refractivity contribution in [1.82, 2.24) is 9.80 Å². The largest absolute Gasteiger partial charge is 0.329 e. The molecule has 2 heterocycles. The Morgan fingerprint density at radius 2 is 2.18 bits per heavy atom. The fourth-order valence-corrected chi connectivity index (χ4v) is 4.35. The van der Waals surface area contributed by atoms with Crippen molar-refractivity contribution in [1.29, 1.82) is 0 Å². The van der Waals surface area contributed by atoms with E-state index in [4.69, 9.17) is 5.73 Å². The first-order chi connectivity index (χ1) is 8.14. The molecule has 0 spiro atoms. The van der Waals surface area contributed by atoms with Gasteiger partial charge in [-0.15, -0.1) is 0 Å². The molecule has 1 saturated carbocycles. The molecule has 0 radical (unpaired) electrons. The van der Waals surface area contributed by atoms with E-state index in [0.29, 0.717) is 11.6 Å². The zero-order valence-corrected chi connectivity index (χ0v) is 11.4. The first-order valence-corrected chi connectivity index (χ1v) is 7.35. The van der Waals surface area contributed by atoms with Crippen molar-refractivity contribution in [3.63, 3.8) is 0 Å². The molecule has 2 N–H and O–H groups in total. The van der Waals surface area contributed by atoms with Gasteiger partial charge in [-0.1, -0.05) is 0 Å². The fourth-order valence-electron chi connectivity index (χ4n) is 4.35. The summed E-state index contributed by atoms with van der Waals surface area (Å²) in [5.41, 5.74) is 6.48. The lowest BCUT2D eigenvalue weighted by Gasteiger charge is -2.43. The Bertz CT molecular complexity index is 291. The summed E-state index contributed by atoms with van der Waals surface area (Å²) in [4.78, 5) is 5.41. The molecule has 0 aromatic heterocycles. The van der Waals surface area contributed by atoms with E-state index in [0.717, 1.165) is 18.5 Å². The van der Waals surface area contributed by atoms with E-state index >= 15 is 0 Å². The van der Waals surface area contributed by atoms with Crippen molar-refractivity contribution in [3.8, 4) is 0 Å². The van der Waals surface area contributed by atoms with Crippen LogP contribution in [0.4, 0.5) is 0 Å². The molecule has 0 aromatic carbocycles. The maximum atomic E-state index is 6.17. The topological polar surface area (TPSA) is 32.5 Å². The smallest absolute Gasteiger partial charge is 0.0473 e. The normalized spacial score (nSPS) is 43.1. The Morgan fingerprint density at radius 1 is 1.35 bits per heavy atom. The summed E-state index contributed by atoms with van der Waals surface area (Å²) < 4.78 is 0. The van der Waals surface area contributed by atoms with Crippen LogP contribution in [0.25, 0.3) is 0 Å². The summed E-state index contributed by atoms with van der Waals surface area (Å²) in [5.74, 6) is 0.983. The third kappa shape index (κ3) is 1.83. The van der Waals surface area contributed by atoms with Gasteiger partial charge in [-0.05, 0) is 45.4 Å². The molecule has 3 rings (SSSR count). The highest BCUT2D eigenvalue weighted by Gasteiger charge is 2.50.